The standard InChI is InChI=1S/C15H26O/c1-12(2)13-7-6-10-15(11-13)16-14-8-4-3-5-9-14/h3-4,12-15H,5-11H2,1-2H3/t13?,14-,15-/m1/s1. The van der Waals surface area contributed by atoms with E-state index in [1.54, 1.807) is 0 Å². The maximum absolute atomic E-state index is 6.26. The highest BCUT2D eigenvalue weighted by atomic mass is 16.5. The van der Waals surface area contributed by atoms with Crippen LogP contribution in [-0.2, 0) is 4.74 Å². The van der Waals surface area contributed by atoms with E-state index in [1.165, 1.54) is 38.5 Å². The zero-order valence-corrected chi connectivity index (χ0v) is 10.8. The molecule has 0 aromatic heterocycles. The fourth-order valence-corrected chi connectivity index (χ4v) is 3.07. The van der Waals surface area contributed by atoms with E-state index in [0.29, 0.717) is 12.2 Å². The van der Waals surface area contributed by atoms with Crippen molar-refractivity contribution in [3.05, 3.63) is 12.2 Å². The molecule has 2 aliphatic rings. The molecule has 92 valence electrons. The molecule has 2 rings (SSSR count). The van der Waals surface area contributed by atoms with Gasteiger partial charge in [-0.2, -0.15) is 0 Å². The van der Waals surface area contributed by atoms with Gasteiger partial charge in [0.1, 0.15) is 0 Å². The number of rotatable bonds is 3. The Morgan fingerprint density at radius 2 is 1.94 bits per heavy atom. The van der Waals surface area contributed by atoms with E-state index >= 15 is 0 Å². The minimum Gasteiger partial charge on any atom is -0.375 e. The molecule has 1 nitrogen and oxygen atoms in total. The van der Waals surface area contributed by atoms with Crippen molar-refractivity contribution in [2.45, 2.75) is 71.0 Å². The van der Waals surface area contributed by atoms with E-state index in [1.807, 2.05) is 0 Å². The third-order valence-electron chi connectivity index (χ3n) is 4.22. The van der Waals surface area contributed by atoms with Gasteiger partial charge in [-0.15, -0.1) is 0 Å². The average molecular weight is 222 g/mol. The summed E-state index contributed by atoms with van der Waals surface area (Å²) in [5.41, 5.74) is 0. The summed E-state index contributed by atoms with van der Waals surface area (Å²) < 4.78 is 6.26. The topological polar surface area (TPSA) is 9.23 Å². The lowest BCUT2D eigenvalue weighted by atomic mass is 9.80. The highest BCUT2D eigenvalue weighted by molar-refractivity contribution is 4.91. The molecule has 1 heteroatoms. The van der Waals surface area contributed by atoms with Gasteiger partial charge in [0.25, 0.3) is 0 Å². The quantitative estimate of drug-likeness (QED) is 0.646. The number of ether oxygens (including phenoxy) is 1. The summed E-state index contributed by atoms with van der Waals surface area (Å²) in [5, 5.41) is 0. The van der Waals surface area contributed by atoms with E-state index in [4.69, 9.17) is 4.74 Å². The fraction of sp³-hybridized carbons (Fsp3) is 0.867. The predicted octanol–water partition coefficient (Wildman–Crippen LogP) is 4.33. The van der Waals surface area contributed by atoms with Crippen molar-refractivity contribution in [2.24, 2.45) is 11.8 Å². The largest absolute Gasteiger partial charge is 0.375 e. The number of hydrogen-bond acceptors (Lipinski definition) is 1. The van der Waals surface area contributed by atoms with Gasteiger partial charge in [-0.05, 0) is 43.9 Å². The highest BCUT2D eigenvalue weighted by Gasteiger charge is 2.26. The Morgan fingerprint density at radius 3 is 2.62 bits per heavy atom. The van der Waals surface area contributed by atoms with E-state index in [-0.39, 0.29) is 0 Å². The Labute approximate surface area is 100 Å². The molecule has 0 N–H and O–H groups in total. The van der Waals surface area contributed by atoms with Crippen LogP contribution in [0.1, 0.15) is 58.8 Å². The lowest BCUT2D eigenvalue weighted by Crippen LogP contribution is -2.30. The van der Waals surface area contributed by atoms with Crippen LogP contribution in [-0.4, -0.2) is 12.2 Å². The Balaban J connectivity index is 1.78. The summed E-state index contributed by atoms with van der Waals surface area (Å²) in [6, 6.07) is 0. The van der Waals surface area contributed by atoms with E-state index in [9.17, 15) is 0 Å². The number of hydrogen-bond donors (Lipinski definition) is 0. The first-order chi connectivity index (χ1) is 7.75. The van der Waals surface area contributed by atoms with Crippen molar-refractivity contribution in [1.82, 2.24) is 0 Å². The van der Waals surface area contributed by atoms with Crippen LogP contribution in [0.2, 0.25) is 0 Å². The van der Waals surface area contributed by atoms with Crippen LogP contribution in [0.25, 0.3) is 0 Å². The van der Waals surface area contributed by atoms with E-state index in [2.05, 4.69) is 26.0 Å². The summed E-state index contributed by atoms with van der Waals surface area (Å²) >= 11 is 0. The maximum atomic E-state index is 6.26. The molecule has 1 unspecified atom stereocenters. The molecule has 1 saturated carbocycles. The smallest absolute Gasteiger partial charge is 0.0616 e. The lowest BCUT2D eigenvalue weighted by Gasteiger charge is -2.34. The van der Waals surface area contributed by atoms with Gasteiger partial charge >= 0.3 is 0 Å². The zero-order valence-electron chi connectivity index (χ0n) is 10.8. The second kappa shape index (κ2) is 5.86. The summed E-state index contributed by atoms with van der Waals surface area (Å²) in [5.74, 6) is 1.73. The second-order valence-electron chi connectivity index (χ2n) is 5.84. The molecule has 0 bridgehead atoms. The minimum absolute atomic E-state index is 0.515. The van der Waals surface area contributed by atoms with Gasteiger partial charge < -0.3 is 4.74 Å². The monoisotopic (exact) mass is 222 g/mol. The SMILES string of the molecule is CC(C)C1CCC[C@@H](O[C@@H]2CC=CCC2)C1. The molecular weight excluding hydrogens is 196 g/mol. The highest BCUT2D eigenvalue weighted by Crippen LogP contribution is 2.33. The van der Waals surface area contributed by atoms with Gasteiger partial charge in [-0.3, -0.25) is 0 Å². The molecule has 0 aromatic rings. The van der Waals surface area contributed by atoms with Crippen molar-refractivity contribution in [3.63, 3.8) is 0 Å². The summed E-state index contributed by atoms with van der Waals surface area (Å²) in [6.45, 7) is 4.72. The second-order valence-corrected chi connectivity index (χ2v) is 5.84. The molecule has 0 radical (unpaired) electrons. The minimum atomic E-state index is 0.515. The van der Waals surface area contributed by atoms with Crippen LogP contribution in [0.5, 0.6) is 0 Å². The molecule has 0 amide bonds. The summed E-state index contributed by atoms with van der Waals surface area (Å²) in [4.78, 5) is 0. The molecule has 0 saturated heterocycles. The Morgan fingerprint density at radius 1 is 1.06 bits per heavy atom. The third-order valence-corrected chi connectivity index (χ3v) is 4.22. The van der Waals surface area contributed by atoms with Crippen LogP contribution in [0, 0.1) is 11.8 Å². The van der Waals surface area contributed by atoms with Crippen LogP contribution >= 0.6 is 0 Å². The normalized spacial score (nSPS) is 35.6. The van der Waals surface area contributed by atoms with Gasteiger partial charge in [-0.25, -0.2) is 0 Å². The average Bonchev–Trinajstić information content (AvgIpc) is 2.30. The molecule has 0 aliphatic heterocycles. The molecular formula is C15H26O. The van der Waals surface area contributed by atoms with Gasteiger partial charge in [0, 0.05) is 0 Å². The van der Waals surface area contributed by atoms with Crippen LogP contribution in [0.4, 0.5) is 0 Å². The number of allylic oxidation sites excluding steroid dienone is 1. The third kappa shape index (κ3) is 3.35. The summed E-state index contributed by atoms with van der Waals surface area (Å²) in [7, 11) is 0. The van der Waals surface area contributed by atoms with Crippen molar-refractivity contribution < 1.29 is 4.74 Å². The predicted molar refractivity (Wildman–Crippen MR) is 68.4 cm³/mol. The Bertz CT molecular complexity index is 232. The molecule has 16 heavy (non-hydrogen) atoms. The molecule has 1 fully saturated rings. The molecule has 0 heterocycles. The van der Waals surface area contributed by atoms with E-state index < -0.39 is 0 Å². The first-order valence-electron chi connectivity index (χ1n) is 7.06. The molecule has 2 aliphatic carbocycles. The van der Waals surface area contributed by atoms with Crippen molar-refractivity contribution in [1.29, 1.82) is 0 Å². The first kappa shape index (κ1) is 12.2. The lowest BCUT2D eigenvalue weighted by molar-refractivity contribution is -0.0475. The van der Waals surface area contributed by atoms with Gasteiger partial charge in [0.2, 0.25) is 0 Å². The van der Waals surface area contributed by atoms with Gasteiger partial charge in [-0.1, -0.05) is 38.8 Å². The van der Waals surface area contributed by atoms with Gasteiger partial charge in [0.15, 0.2) is 0 Å². The molecule has 0 aromatic carbocycles. The Kier molecular flexibility index (Phi) is 4.45. The van der Waals surface area contributed by atoms with E-state index in [0.717, 1.165) is 18.3 Å². The van der Waals surface area contributed by atoms with Crippen LogP contribution < -0.4 is 0 Å². The van der Waals surface area contributed by atoms with Crippen molar-refractivity contribution >= 4 is 0 Å². The first-order valence-corrected chi connectivity index (χ1v) is 7.06. The summed E-state index contributed by atoms with van der Waals surface area (Å²) in [6.07, 6.45) is 14.6. The van der Waals surface area contributed by atoms with Crippen molar-refractivity contribution in [3.8, 4) is 0 Å². The zero-order chi connectivity index (χ0) is 11.4. The Hall–Kier alpha value is -0.300. The van der Waals surface area contributed by atoms with Crippen LogP contribution in [0.3, 0.4) is 0 Å². The maximum Gasteiger partial charge on any atom is 0.0616 e. The fourth-order valence-electron chi connectivity index (χ4n) is 3.07. The van der Waals surface area contributed by atoms with Gasteiger partial charge in [0.05, 0.1) is 12.2 Å². The van der Waals surface area contributed by atoms with Crippen molar-refractivity contribution in [2.75, 3.05) is 0 Å². The molecule has 3 atom stereocenters. The van der Waals surface area contributed by atoms with Crippen LogP contribution in [0.15, 0.2) is 12.2 Å². The molecule has 0 spiro atoms.